The minimum absolute atomic E-state index is 0.331. The van der Waals surface area contributed by atoms with E-state index in [0.717, 1.165) is 22.0 Å². The lowest BCUT2D eigenvalue weighted by Crippen LogP contribution is -2.04. The van der Waals surface area contributed by atoms with Crippen LogP contribution in [0.25, 0.3) is 33.6 Å². The summed E-state index contributed by atoms with van der Waals surface area (Å²) < 4.78 is 22.3. The van der Waals surface area contributed by atoms with E-state index in [2.05, 4.69) is 15.4 Å². The van der Waals surface area contributed by atoms with Gasteiger partial charge in [-0.25, -0.2) is 4.98 Å². The molecule has 10 heteroatoms. The van der Waals surface area contributed by atoms with E-state index in [1.54, 1.807) is 21.3 Å². The van der Waals surface area contributed by atoms with E-state index < -0.39 is 0 Å². The molecule has 0 aliphatic carbocycles. The summed E-state index contributed by atoms with van der Waals surface area (Å²) in [4.78, 5) is 4.86. The Morgan fingerprint density at radius 3 is 2.45 bits per heavy atom. The lowest BCUT2D eigenvalue weighted by Gasteiger charge is -2.12. The number of pyridine rings is 1. The van der Waals surface area contributed by atoms with Crippen LogP contribution in [0.2, 0.25) is 0 Å². The van der Waals surface area contributed by atoms with Crippen LogP contribution in [0.4, 0.5) is 0 Å². The van der Waals surface area contributed by atoms with Crippen LogP contribution in [0.1, 0.15) is 5.56 Å². The second-order valence-corrected chi connectivity index (χ2v) is 9.01. The van der Waals surface area contributed by atoms with E-state index in [-0.39, 0.29) is 0 Å². The molecule has 0 bridgehead atoms. The Hall–Kier alpha value is -4.57. The summed E-state index contributed by atoms with van der Waals surface area (Å²) in [5.41, 5.74) is 4.29. The van der Waals surface area contributed by atoms with Gasteiger partial charge in [0.25, 0.3) is 5.22 Å². The molecule has 2 aromatic heterocycles. The molecule has 0 unspecified atom stereocenters. The Morgan fingerprint density at radius 1 is 0.895 bits per heavy atom. The van der Waals surface area contributed by atoms with Crippen molar-refractivity contribution >= 4 is 28.4 Å². The molecule has 38 heavy (non-hydrogen) atoms. The fourth-order valence-electron chi connectivity index (χ4n) is 3.96. The highest BCUT2D eigenvalue weighted by Crippen LogP contribution is 2.37. The molecule has 0 aliphatic heterocycles. The topological polar surface area (TPSA) is 112 Å². The lowest BCUT2D eigenvalue weighted by molar-refractivity contribution is 0.319. The van der Waals surface area contributed by atoms with Gasteiger partial charge < -0.3 is 23.8 Å². The molecular weight excluding hydrogens is 504 g/mol. The standard InChI is InChI=1S/C28H24N4O5S/c1-34-19-10-11-22-20(14-19)21(15-23(29-22)18-9-12-25(35-2)26(13-18)36-3)27-30-31-28(37-27)38-16-24(32-33)17-7-5-4-6-8-17/h4-15,33H,16H2,1-3H3/b32-24-. The summed E-state index contributed by atoms with van der Waals surface area (Å²) in [6.07, 6.45) is 0. The zero-order valence-electron chi connectivity index (χ0n) is 20.9. The smallest absolute Gasteiger partial charge is 0.277 e. The first-order chi connectivity index (χ1) is 18.6. The summed E-state index contributed by atoms with van der Waals surface area (Å²) in [7, 11) is 4.80. The van der Waals surface area contributed by atoms with Crippen molar-refractivity contribution in [2.75, 3.05) is 27.1 Å². The van der Waals surface area contributed by atoms with Gasteiger partial charge >= 0.3 is 0 Å². The maximum Gasteiger partial charge on any atom is 0.277 e. The molecule has 3 aromatic carbocycles. The number of rotatable bonds is 9. The second-order valence-electron chi connectivity index (χ2n) is 8.08. The number of methoxy groups -OCH3 is 3. The average Bonchev–Trinajstić information content (AvgIpc) is 3.45. The van der Waals surface area contributed by atoms with E-state index in [4.69, 9.17) is 23.6 Å². The van der Waals surface area contributed by atoms with Crippen LogP contribution in [0.15, 0.2) is 87.6 Å². The molecule has 0 fully saturated rings. The van der Waals surface area contributed by atoms with Crippen molar-refractivity contribution in [3.8, 4) is 40.0 Å². The third-order valence-corrected chi connectivity index (χ3v) is 6.72. The zero-order chi connectivity index (χ0) is 26.5. The Kier molecular flexibility index (Phi) is 7.41. The minimum Gasteiger partial charge on any atom is -0.497 e. The fraction of sp³-hybridized carbons (Fsp3) is 0.143. The van der Waals surface area contributed by atoms with Gasteiger partial charge in [-0.2, -0.15) is 0 Å². The van der Waals surface area contributed by atoms with Gasteiger partial charge in [0.05, 0.1) is 43.8 Å². The quantitative estimate of drug-likeness (QED) is 0.107. The highest BCUT2D eigenvalue weighted by Gasteiger charge is 2.18. The molecule has 192 valence electrons. The first-order valence-electron chi connectivity index (χ1n) is 11.6. The molecule has 5 rings (SSSR count). The maximum absolute atomic E-state index is 9.49. The molecule has 0 saturated carbocycles. The highest BCUT2D eigenvalue weighted by atomic mass is 32.2. The summed E-state index contributed by atoms with van der Waals surface area (Å²) in [5.74, 6) is 2.59. The lowest BCUT2D eigenvalue weighted by atomic mass is 10.0. The monoisotopic (exact) mass is 528 g/mol. The number of aromatic nitrogens is 3. The third kappa shape index (κ3) is 5.12. The summed E-state index contributed by atoms with van der Waals surface area (Å²) in [5, 5.41) is 22.6. The number of thioether (sulfide) groups is 1. The summed E-state index contributed by atoms with van der Waals surface area (Å²) >= 11 is 1.28. The summed E-state index contributed by atoms with van der Waals surface area (Å²) in [6, 6.07) is 22.6. The second kappa shape index (κ2) is 11.2. The van der Waals surface area contributed by atoms with Crippen LogP contribution < -0.4 is 14.2 Å². The first-order valence-corrected chi connectivity index (χ1v) is 12.6. The molecule has 0 atom stereocenters. The Morgan fingerprint density at radius 2 is 1.71 bits per heavy atom. The highest BCUT2D eigenvalue weighted by molar-refractivity contribution is 7.99. The number of hydrogen-bond donors (Lipinski definition) is 1. The van der Waals surface area contributed by atoms with Crippen LogP contribution in [-0.2, 0) is 0 Å². The van der Waals surface area contributed by atoms with E-state index in [1.165, 1.54) is 11.8 Å². The molecular formula is C28H24N4O5S. The molecule has 0 amide bonds. The van der Waals surface area contributed by atoms with E-state index >= 15 is 0 Å². The number of benzene rings is 3. The van der Waals surface area contributed by atoms with Crippen molar-refractivity contribution < 1.29 is 23.8 Å². The van der Waals surface area contributed by atoms with Crippen molar-refractivity contribution in [3.63, 3.8) is 0 Å². The van der Waals surface area contributed by atoms with Crippen molar-refractivity contribution in [1.29, 1.82) is 0 Å². The number of ether oxygens (including phenoxy) is 3. The van der Waals surface area contributed by atoms with Gasteiger partial charge in [0.2, 0.25) is 5.89 Å². The number of hydrogen-bond acceptors (Lipinski definition) is 10. The van der Waals surface area contributed by atoms with Gasteiger partial charge in [-0.05, 0) is 42.5 Å². The number of nitrogens with zero attached hydrogens (tertiary/aromatic N) is 4. The van der Waals surface area contributed by atoms with Crippen molar-refractivity contribution in [2.24, 2.45) is 5.16 Å². The molecule has 0 spiro atoms. The number of fused-ring (bicyclic) bond motifs is 1. The van der Waals surface area contributed by atoms with Crippen molar-refractivity contribution in [3.05, 3.63) is 78.4 Å². The molecule has 2 heterocycles. The van der Waals surface area contributed by atoms with Crippen molar-refractivity contribution in [1.82, 2.24) is 15.2 Å². The Balaban J connectivity index is 1.52. The fourth-order valence-corrected chi connectivity index (χ4v) is 4.68. The average molecular weight is 529 g/mol. The van der Waals surface area contributed by atoms with Crippen LogP contribution >= 0.6 is 11.8 Å². The van der Waals surface area contributed by atoms with Gasteiger partial charge in [-0.3, -0.25) is 0 Å². The van der Waals surface area contributed by atoms with Crippen LogP contribution in [0.5, 0.6) is 17.2 Å². The molecule has 0 saturated heterocycles. The molecule has 5 aromatic rings. The van der Waals surface area contributed by atoms with Crippen molar-refractivity contribution in [2.45, 2.75) is 5.22 Å². The van der Waals surface area contributed by atoms with Crippen LogP contribution in [0, 0.1) is 0 Å². The molecule has 0 radical (unpaired) electrons. The van der Waals surface area contributed by atoms with Gasteiger partial charge in [-0.1, -0.05) is 47.2 Å². The van der Waals surface area contributed by atoms with E-state index in [1.807, 2.05) is 72.8 Å². The largest absolute Gasteiger partial charge is 0.497 e. The van der Waals surface area contributed by atoms with E-state index in [9.17, 15) is 5.21 Å². The van der Waals surface area contributed by atoms with Crippen LogP contribution in [-0.4, -0.2) is 53.2 Å². The SMILES string of the molecule is COc1ccc2nc(-c3ccc(OC)c(OC)c3)cc(-c3nnc(SC/C(=N/O)c4ccccc4)o3)c2c1. The molecule has 1 N–H and O–H groups in total. The molecule has 0 aliphatic rings. The molecule has 9 nitrogen and oxygen atoms in total. The number of oxime groups is 1. The van der Waals surface area contributed by atoms with Gasteiger partial charge in [0.1, 0.15) is 5.75 Å². The Labute approximate surface area is 223 Å². The minimum atomic E-state index is 0.331. The van der Waals surface area contributed by atoms with Crippen LogP contribution in [0.3, 0.4) is 0 Å². The third-order valence-electron chi connectivity index (χ3n) is 5.89. The predicted molar refractivity (Wildman–Crippen MR) is 146 cm³/mol. The van der Waals surface area contributed by atoms with Gasteiger partial charge in [-0.15, -0.1) is 10.2 Å². The summed E-state index contributed by atoms with van der Waals surface area (Å²) in [6.45, 7) is 0. The zero-order valence-corrected chi connectivity index (χ0v) is 21.7. The van der Waals surface area contributed by atoms with E-state index in [0.29, 0.717) is 51.1 Å². The Bertz CT molecular complexity index is 1600. The predicted octanol–water partition coefficient (Wildman–Crippen LogP) is 5.95. The first kappa shape index (κ1) is 25.1. The van der Waals surface area contributed by atoms with Gasteiger partial charge in [0.15, 0.2) is 11.5 Å². The maximum atomic E-state index is 9.49. The normalized spacial score (nSPS) is 11.5. The van der Waals surface area contributed by atoms with Gasteiger partial charge in [0, 0.05) is 22.3 Å².